The summed E-state index contributed by atoms with van der Waals surface area (Å²) in [5, 5.41) is 12.4. The Balaban J connectivity index is 2.09. The van der Waals surface area contributed by atoms with Crippen molar-refractivity contribution in [3.05, 3.63) is 29.8 Å². The van der Waals surface area contributed by atoms with Gasteiger partial charge in [0.2, 0.25) is 5.91 Å². The van der Waals surface area contributed by atoms with Crippen molar-refractivity contribution in [3.63, 3.8) is 0 Å². The number of benzene rings is 1. The van der Waals surface area contributed by atoms with Crippen LogP contribution in [0.4, 0.5) is 0 Å². The first kappa shape index (κ1) is 15.8. The van der Waals surface area contributed by atoms with Crippen LogP contribution in [0.3, 0.4) is 0 Å². The molecule has 1 fully saturated rings. The summed E-state index contributed by atoms with van der Waals surface area (Å²) in [5.41, 5.74) is 5.65. The number of aliphatic hydroxyl groups excluding tert-OH is 1. The van der Waals surface area contributed by atoms with Gasteiger partial charge in [0, 0.05) is 0 Å². The number of carbonyl (C=O) groups is 1. The fourth-order valence-electron chi connectivity index (χ4n) is 2.53. The van der Waals surface area contributed by atoms with E-state index in [0.29, 0.717) is 5.75 Å². The Morgan fingerprint density at radius 3 is 2.86 bits per heavy atom. The highest BCUT2D eigenvalue weighted by Crippen LogP contribution is 2.40. The van der Waals surface area contributed by atoms with Gasteiger partial charge < -0.3 is 20.9 Å². The number of amides is 1. The zero-order chi connectivity index (χ0) is 15.3. The van der Waals surface area contributed by atoms with Gasteiger partial charge in [0.05, 0.1) is 6.61 Å². The molecular weight excluding hydrogens is 268 g/mol. The molecule has 0 aliphatic heterocycles. The molecule has 0 bridgehead atoms. The van der Waals surface area contributed by atoms with Gasteiger partial charge >= 0.3 is 0 Å². The number of rotatable bonds is 9. The molecule has 1 atom stereocenters. The van der Waals surface area contributed by atoms with Crippen LogP contribution in [0.5, 0.6) is 5.75 Å². The third-order valence-corrected chi connectivity index (χ3v) is 3.95. The lowest BCUT2D eigenvalue weighted by molar-refractivity contribution is -0.126. The van der Waals surface area contributed by atoms with Crippen LogP contribution in [0.2, 0.25) is 0 Å². The second-order valence-corrected chi connectivity index (χ2v) is 5.63. The molecule has 21 heavy (non-hydrogen) atoms. The van der Waals surface area contributed by atoms with Crippen LogP contribution in [0.15, 0.2) is 24.3 Å². The van der Waals surface area contributed by atoms with Crippen LogP contribution in [0, 0.1) is 5.92 Å². The first-order chi connectivity index (χ1) is 10.1. The van der Waals surface area contributed by atoms with Crippen LogP contribution in [-0.4, -0.2) is 29.7 Å². The molecule has 0 heterocycles. The third kappa shape index (κ3) is 3.74. The average molecular weight is 292 g/mol. The molecule has 5 heteroatoms. The zero-order valence-corrected chi connectivity index (χ0v) is 12.5. The number of aliphatic hydroxyl groups is 1. The molecule has 1 amide bonds. The molecule has 0 radical (unpaired) electrons. The van der Waals surface area contributed by atoms with Crippen LogP contribution < -0.4 is 15.8 Å². The van der Waals surface area contributed by atoms with Gasteiger partial charge in [-0.1, -0.05) is 19.1 Å². The molecular formula is C16H24N2O3. The van der Waals surface area contributed by atoms with Crippen LogP contribution in [-0.2, 0) is 11.4 Å². The number of nitrogens with one attached hydrogen (secondary N) is 1. The van der Waals surface area contributed by atoms with Crippen molar-refractivity contribution in [2.24, 2.45) is 11.7 Å². The summed E-state index contributed by atoms with van der Waals surface area (Å²) < 4.78 is 5.80. The molecule has 1 aromatic rings. The molecule has 1 saturated carbocycles. The molecule has 2 rings (SSSR count). The van der Waals surface area contributed by atoms with Crippen LogP contribution in [0.25, 0.3) is 0 Å². The van der Waals surface area contributed by atoms with Crippen molar-refractivity contribution in [3.8, 4) is 5.75 Å². The molecule has 1 unspecified atom stereocenters. The van der Waals surface area contributed by atoms with E-state index >= 15 is 0 Å². The Morgan fingerprint density at radius 1 is 1.52 bits per heavy atom. The van der Waals surface area contributed by atoms with E-state index in [2.05, 4.69) is 12.2 Å². The summed E-state index contributed by atoms with van der Waals surface area (Å²) in [6.07, 6.45) is 2.93. The van der Waals surface area contributed by atoms with Crippen molar-refractivity contribution < 1.29 is 14.6 Å². The number of nitrogens with two attached hydrogens (primary N) is 1. The van der Waals surface area contributed by atoms with E-state index in [9.17, 15) is 4.79 Å². The zero-order valence-electron chi connectivity index (χ0n) is 12.5. The lowest BCUT2D eigenvalue weighted by atomic mass is 9.93. The van der Waals surface area contributed by atoms with Gasteiger partial charge in [-0.15, -0.1) is 0 Å². The fraction of sp³-hybridized carbons (Fsp3) is 0.562. The fourth-order valence-corrected chi connectivity index (χ4v) is 2.53. The Labute approximate surface area is 125 Å². The van der Waals surface area contributed by atoms with Crippen LogP contribution in [0.1, 0.15) is 31.7 Å². The summed E-state index contributed by atoms with van der Waals surface area (Å²) >= 11 is 0. The first-order valence-electron chi connectivity index (χ1n) is 7.50. The quantitative estimate of drug-likeness (QED) is 0.638. The molecule has 1 aliphatic rings. The van der Waals surface area contributed by atoms with E-state index in [0.717, 1.165) is 31.4 Å². The maximum absolute atomic E-state index is 12.0. The average Bonchev–Trinajstić information content (AvgIpc) is 3.32. The Hall–Kier alpha value is -1.59. The number of carbonyl (C=O) groups excluding carboxylic acids is 1. The molecule has 0 saturated heterocycles. The van der Waals surface area contributed by atoms with Crippen LogP contribution >= 0.6 is 0 Å². The van der Waals surface area contributed by atoms with E-state index in [1.54, 1.807) is 6.07 Å². The normalized spacial score (nSPS) is 17.2. The van der Waals surface area contributed by atoms with E-state index in [1.165, 1.54) is 0 Å². The minimum absolute atomic E-state index is 0.0329. The number of hydrogen-bond donors (Lipinski definition) is 3. The highest BCUT2D eigenvalue weighted by molar-refractivity contribution is 5.85. The van der Waals surface area contributed by atoms with Crippen molar-refractivity contribution >= 4 is 5.91 Å². The van der Waals surface area contributed by atoms with Crippen molar-refractivity contribution in [1.29, 1.82) is 0 Å². The number of hydrogen-bond acceptors (Lipinski definition) is 4. The van der Waals surface area contributed by atoms with E-state index in [-0.39, 0.29) is 25.0 Å². The highest BCUT2D eigenvalue weighted by atomic mass is 16.5. The maximum atomic E-state index is 12.0. The Kier molecular flexibility index (Phi) is 5.20. The molecule has 4 N–H and O–H groups in total. The van der Waals surface area contributed by atoms with E-state index in [4.69, 9.17) is 15.6 Å². The van der Waals surface area contributed by atoms with Gasteiger partial charge in [0.15, 0.2) is 0 Å². The summed E-state index contributed by atoms with van der Waals surface area (Å²) in [6.45, 7) is 2.98. The van der Waals surface area contributed by atoms with E-state index < -0.39 is 5.54 Å². The van der Waals surface area contributed by atoms with Gasteiger partial charge in [0.25, 0.3) is 0 Å². The summed E-state index contributed by atoms with van der Waals surface area (Å²) in [6, 6.07) is 7.24. The van der Waals surface area contributed by atoms with Gasteiger partial charge in [-0.2, -0.15) is 0 Å². The lowest BCUT2D eigenvalue weighted by Gasteiger charge is -2.32. The van der Waals surface area contributed by atoms with Gasteiger partial charge in [-0.05, 0) is 49.4 Å². The minimum Gasteiger partial charge on any atom is -0.491 e. The Bertz CT molecular complexity index is 488. The van der Waals surface area contributed by atoms with Crippen molar-refractivity contribution in [1.82, 2.24) is 5.32 Å². The predicted octanol–water partition coefficient (Wildman–Crippen LogP) is 1.19. The van der Waals surface area contributed by atoms with Gasteiger partial charge in [-0.25, -0.2) is 0 Å². The second-order valence-electron chi connectivity index (χ2n) is 5.63. The highest BCUT2D eigenvalue weighted by Gasteiger charge is 2.50. The molecule has 0 spiro atoms. The number of primary amides is 1. The maximum Gasteiger partial charge on any atom is 0.241 e. The topological polar surface area (TPSA) is 84.6 Å². The SMILES string of the molecule is CCCNC(COc1cccc(CO)c1)(C(N)=O)C1CC1. The van der Waals surface area contributed by atoms with E-state index in [1.807, 2.05) is 18.2 Å². The predicted molar refractivity (Wildman–Crippen MR) is 80.8 cm³/mol. The second kappa shape index (κ2) is 6.91. The van der Waals surface area contributed by atoms with Crippen molar-refractivity contribution in [2.45, 2.75) is 38.3 Å². The minimum atomic E-state index is -0.786. The number of ether oxygens (including phenoxy) is 1. The summed E-state index contributed by atoms with van der Waals surface area (Å²) in [4.78, 5) is 12.0. The smallest absolute Gasteiger partial charge is 0.241 e. The van der Waals surface area contributed by atoms with Crippen molar-refractivity contribution in [2.75, 3.05) is 13.2 Å². The molecule has 116 valence electrons. The lowest BCUT2D eigenvalue weighted by Crippen LogP contribution is -2.61. The molecule has 5 nitrogen and oxygen atoms in total. The van der Waals surface area contributed by atoms with Gasteiger partial charge in [-0.3, -0.25) is 4.79 Å². The molecule has 0 aromatic heterocycles. The summed E-state index contributed by atoms with van der Waals surface area (Å²) in [7, 11) is 0. The molecule has 1 aromatic carbocycles. The monoisotopic (exact) mass is 292 g/mol. The Morgan fingerprint density at radius 2 is 2.29 bits per heavy atom. The first-order valence-corrected chi connectivity index (χ1v) is 7.50. The summed E-state index contributed by atoms with van der Waals surface area (Å²) in [5.74, 6) is 0.547. The van der Waals surface area contributed by atoms with Gasteiger partial charge in [0.1, 0.15) is 17.9 Å². The third-order valence-electron chi connectivity index (χ3n) is 3.95. The standard InChI is InChI=1S/C16H24N2O3/c1-2-8-18-16(15(17)20,13-6-7-13)11-21-14-5-3-4-12(9-14)10-19/h3-5,9,13,18-19H,2,6-8,10-11H2,1H3,(H2,17,20). The molecule has 1 aliphatic carbocycles. The largest absolute Gasteiger partial charge is 0.491 e.